The van der Waals surface area contributed by atoms with E-state index in [1.807, 2.05) is 0 Å². The maximum atomic E-state index is 13.8. The Morgan fingerprint density at radius 3 is 2.17 bits per heavy atom. The van der Waals surface area contributed by atoms with Gasteiger partial charge in [0.25, 0.3) is 0 Å². The van der Waals surface area contributed by atoms with Gasteiger partial charge in [-0.3, -0.25) is 9.59 Å². The second-order valence-corrected chi connectivity index (χ2v) is 4.95. The SMILES string of the molecule is COC(=O)C(C(=O)c1ccc(OC)c(F)c1)c1cc(O)cc(O)c1. The highest BCUT2D eigenvalue weighted by Gasteiger charge is 2.31. The third kappa shape index (κ3) is 3.45. The molecule has 0 aliphatic heterocycles. The number of esters is 1. The summed E-state index contributed by atoms with van der Waals surface area (Å²) in [6.07, 6.45) is 0. The van der Waals surface area contributed by atoms with Gasteiger partial charge in [0, 0.05) is 11.6 Å². The molecular formula is C17H15FO6. The topological polar surface area (TPSA) is 93.1 Å². The van der Waals surface area contributed by atoms with E-state index < -0.39 is 23.5 Å². The highest BCUT2D eigenvalue weighted by molar-refractivity contribution is 6.13. The number of carbonyl (C=O) groups excluding carboxylic acids is 2. The van der Waals surface area contributed by atoms with E-state index in [2.05, 4.69) is 4.74 Å². The first kappa shape index (κ1) is 17.3. The molecule has 0 aromatic heterocycles. The molecule has 126 valence electrons. The maximum absolute atomic E-state index is 13.8. The van der Waals surface area contributed by atoms with E-state index in [1.54, 1.807) is 0 Å². The van der Waals surface area contributed by atoms with E-state index in [4.69, 9.17) is 4.74 Å². The Morgan fingerprint density at radius 1 is 1.04 bits per heavy atom. The van der Waals surface area contributed by atoms with Gasteiger partial charge in [0.2, 0.25) is 0 Å². The van der Waals surface area contributed by atoms with Gasteiger partial charge in [-0.2, -0.15) is 0 Å². The number of phenols is 2. The maximum Gasteiger partial charge on any atom is 0.321 e. The van der Waals surface area contributed by atoms with Crippen LogP contribution in [0.5, 0.6) is 17.2 Å². The van der Waals surface area contributed by atoms with Crippen LogP contribution in [0.15, 0.2) is 36.4 Å². The van der Waals surface area contributed by atoms with E-state index in [9.17, 15) is 24.2 Å². The molecule has 0 saturated carbocycles. The van der Waals surface area contributed by atoms with Crippen molar-refractivity contribution in [3.63, 3.8) is 0 Å². The van der Waals surface area contributed by atoms with Gasteiger partial charge >= 0.3 is 5.97 Å². The molecule has 0 radical (unpaired) electrons. The molecule has 0 saturated heterocycles. The second-order valence-electron chi connectivity index (χ2n) is 4.95. The van der Waals surface area contributed by atoms with Crippen LogP contribution in [-0.2, 0) is 9.53 Å². The first-order valence-electron chi connectivity index (χ1n) is 6.86. The Labute approximate surface area is 137 Å². The van der Waals surface area contributed by atoms with Crippen LogP contribution >= 0.6 is 0 Å². The van der Waals surface area contributed by atoms with Gasteiger partial charge in [-0.15, -0.1) is 0 Å². The molecule has 2 N–H and O–H groups in total. The van der Waals surface area contributed by atoms with E-state index in [0.717, 1.165) is 31.4 Å². The fourth-order valence-corrected chi connectivity index (χ4v) is 2.28. The minimum absolute atomic E-state index is 0.0283. The molecule has 0 aliphatic rings. The zero-order valence-electron chi connectivity index (χ0n) is 12.9. The smallest absolute Gasteiger partial charge is 0.321 e. The highest BCUT2D eigenvalue weighted by Crippen LogP contribution is 2.30. The van der Waals surface area contributed by atoms with Crippen molar-refractivity contribution in [1.29, 1.82) is 0 Å². The lowest BCUT2D eigenvalue weighted by Gasteiger charge is -2.15. The van der Waals surface area contributed by atoms with Crippen molar-refractivity contribution in [2.24, 2.45) is 0 Å². The number of benzene rings is 2. The van der Waals surface area contributed by atoms with Crippen LogP contribution in [0.1, 0.15) is 21.8 Å². The minimum Gasteiger partial charge on any atom is -0.508 e. The lowest BCUT2D eigenvalue weighted by atomic mass is 9.90. The van der Waals surface area contributed by atoms with Gasteiger partial charge < -0.3 is 19.7 Å². The lowest BCUT2D eigenvalue weighted by Crippen LogP contribution is -2.23. The molecule has 0 heterocycles. The van der Waals surface area contributed by atoms with Crippen molar-refractivity contribution in [1.82, 2.24) is 0 Å². The molecular weight excluding hydrogens is 319 g/mol. The molecule has 2 aromatic carbocycles. The van der Waals surface area contributed by atoms with Crippen LogP contribution in [0.4, 0.5) is 4.39 Å². The molecule has 1 atom stereocenters. The van der Waals surface area contributed by atoms with Crippen molar-refractivity contribution in [2.45, 2.75) is 5.92 Å². The van der Waals surface area contributed by atoms with Gasteiger partial charge in [-0.1, -0.05) is 0 Å². The number of rotatable bonds is 5. The summed E-state index contributed by atoms with van der Waals surface area (Å²) in [5.41, 5.74) is -0.0490. The molecule has 0 fully saturated rings. The summed E-state index contributed by atoms with van der Waals surface area (Å²) < 4.78 is 23.2. The molecule has 0 spiro atoms. The standard InChI is InChI=1S/C17H15FO6/c1-23-14-4-3-9(7-13(14)18)16(21)15(17(22)24-2)10-5-11(19)8-12(20)6-10/h3-8,15,19-20H,1-2H3. The second kappa shape index (κ2) is 6.99. The molecule has 24 heavy (non-hydrogen) atoms. The van der Waals surface area contributed by atoms with Crippen molar-refractivity contribution in [3.05, 3.63) is 53.3 Å². The van der Waals surface area contributed by atoms with Crippen molar-refractivity contribution >= 4 is 11.8 Å². The number of halogens is 1. The Kier molecular flexibility index (Phi) is 5.03. The Bertz CT molecular complexity index is 766. The summed E-state index contributed by atoms with van der Waals surface area (Å²) in [7, 11) is 2.38. The number of ether oxygens (including phenoxy) is 2. The number of aromatic hydroxyl groups is 2. The first-order valence-corrected chi connectivity index (χ1v) is 6.86. The monoisotopic (exact) mass is 334 g/mol. The summed E-state index contributed by atoms with van der Waals surface area (Å²) in [6.45, 7) is 0. The first-order chi connectivity index (χ1) is 11.4. The van der Waals surface area contributed by atoms with Crippen LogP contribution < -0.4 is 4.74 Å². The van der Waals surface area contributed by atoms with Crippen LogP contribution in [0.3, 0.4) is 0 Å². The van der Waals surface area contributed by atoms with Gasteiger partial charge in [0.05, 0.1) is 14.2 Å². The van der Waals surface area contributed by atoms with E-state index in [0.29, 0.717) is 0 Å². The third-order valence-electron chi connectivity index (χ3n) is 3.39. The van der Waals surface area contributed by atoms with E-state index in [1.165, 1.54) is 19.2 Å². The lowest BCUT2D eigenvalue weighted by molar-refractivity contribution is -0.141. The molecule has 0 amide bonds. The zero-order chi connectivity index (χ0) is 17.9. The zero-order valence-corrected chi connectivity index (χ0v) is 12.9. The number of Topliss-reactive ketones (excluding diaryl/α,β-unsaturated/α-hetero) is 1. The quantitative estimate of drug-likeness (QED) is 0.495. The Morgan fingerprint density at radius 2 is 1.67 bits per heavy atom. The number of phenolic OH excluding ortho intramolecular Hbond substituents is 2. The number of hydrogen-bond donors (Lipinski definition) is 2. The Hall–Kier alpha value is -3.09. The summed E-state index contributed by atoms with van der Waals surface area (Å²) in [5.74, 6) is -4.56. The van der Waals surface area contributed by atoms with E-state index in [-0.39, 0.29) is 28.4 Å². The van der Waals surface area contributed by atoms with Gasteiger partial charge in [-0.25, -0.2) is 4.39 Å². The van der Waals surface area contributed by atoms with Crippen LogP contribution in [0, 0.1) is 5.82 Å². The molecule has 0 aliphatic carbocycles. The normalized spacial score (nSPS) is 11.6. The van der Waals surface area contributed by atoms with Crippen LogP contribution in [0.25, 0.3) is 0 Å². The predicted octanol–water partition coefficient (Wildman–Crippen LogP) is 2.39. The summed E-state index contributed by atoms with van der Waals surface area (Å²) in [6, 6.07) is 6.87. The highest BCUT2D eigenvalue weighted by atomic mass is 19.1. The summed E-state index contributed by atoms with van der Waals surface area (Å²) in [4.78, 5) is 24.7. The predicted molar refractivity (Wildman–Crippen MR) is 81.8 cm³/mol. The van der Waals surface area contributed by atoms with Gasteiger partial charge in [0.1, 0.15) is 17.4 Å². The third-order valence-corrected chi connectivity index (χ3v) is 3.39. The molecule has 0 bridgehead atoms. The summed E-state index contributed by atoms with van der Waals surface area (Å²) >= 11 is 0. The number of carbonyl (C=O) groups is 2. The minimum atomic E-state index is -1.46. The molecule has 7 heteroatoms. The average Bonchev–Trinajstić information content (AvgIpc) is 2.53. The Balaban J connectivity index is 2.50. The van der Waals surface area contributed by atoms with Crippen LogP contribution in [-0.4, -0.2) is 36.2 Å². The number of ketones is 1. The van der Waals surface area contributed by atoms with Crippen molar-refractivity contribution < 1.29 is 33.7 Å². The average molecular weight is 334 g/mol. The van der Waals surface area contributed by atoms with E-state index >= 15 is 0 Å². The molecule has 2 rings (SSSR count). The van der Waals surface area contributed by atoms with Gasteiger partial charge in [-0.05, 0) is 35.9 Å². The molecule has 6 nitrogen and oxygen atoms in total. The van der Waals surface area contributed by atoms with Gasteiger partial charge in [0.15, 0.2) is 17.3 Å². The van der Waals surface area contributed by atoms with Crippen molar-refractivity contribution in [3.8, 4) is 17.2 Å². The molecule has 2 aromatic rings. The number of hydrogen-bond acceptors (Lipinski definition) is 6. The van der Waals surface area contributed by atoms with Crippen molar-refractivity contribution in [2.75, 3.05) is 14.2 Å². The largest absolute Gasteiger partial charge is 0.508 e. The summed E-state index contributed by atoms with van der Waals surface area (Å²) in [5, 5.41) is 19.1. The fraction of sp³-hybridized carbons (Fsp3) is 0.176. The number of methoxy groups -OCH3 is 2. The molecule has 1 unspecified atom stereocenters. The fourth-order valence-electron chi connectivity index (χ4n) is 2.28. The van der Waals surface area contributed by atoms with Crippen LogP contribution in [0.2, 0.25) is 0 Å².